The molecular formula is C19H16FN5O2. The van der Waals surface area contributed by atoms with Crippen molar-refractivity contribution in [3.63, 3.8) is 0 Å². The zero-order chi connectivity index (χ0) is 18.8. The predicted octanol–water partition coefficient (Wildman–Crippen LogP) is 3.72. The van der Waals surface area contributed by atoms with Gasteiger partial charge in [0.2, 0.25) is 0 Å². The number of fused-ring (bicyclic) bond motifs is 1. The minimum Gasteiger partial charge on any atom is -0.493 e. The smallest absolute Gasteiger partial charge is 0.168 e. The van der Waals surface area contributed by atoms with Gasteiger partial charge >= 0.3 is 0 Å². The lowest BCUT2D eigenvalue weighted by molar-refractivity contribution is 0.355. The molecule has 0 aliphatic carbocycles. The van der Waals surface area contributed by atoms with Crippen molar-refractivity contribution in [1.29, 1.82) is 0 Å². The number of nitrogens with zero attached hydrogens (tertiary/aromatic N) is 4. The van der Waals surface area contributed by atoms with Crippen molar-refractivity contribution >= 4 is 22.5 Å². The van der Waals surface area contributed by atoms with Crippen LogP contribution in [0.1, 0.15) is 0 Å². The van der Waals surface area contributed by atoms with Crippen LogP contribution in [0.25, 0.3) is 16.7 Å². The van der Waals surface area contributed by atoms with E-state index in [0.717, 1.165) is 11.1 Å². The standard InChI is InChI=1S/C19H16FN5O2/c1-26-16-8-5-13(9-17(16)27-2)24-18-15-10-23-25(19(15)22-11-21-18)14-6-3-12(20)4-7-14/h3-11H,1-2H3,(H,21,22,24). The van der Waals surface area contributed by atoms with Gasteiger partial charge in [0, 0.05) is 11.8 Å². The molecule has 8 heteroatoms. The fraction of sp³-hybridized carbons (Fsp3) is 0.105. The van der Waals surface area contributed by atoms with Gasteiger partial charge in [0.05, 0.1) is 31.5 Å². The van der Waals surface area contributed by atoms with E-state index in [4.69, 9.17) is 9.47 Å². The first kappa shape index (κ1) is 16.8. The lowest BCUT2D eigenvalue weighted by atomic mass is 10.2. The highest BCUT2D eigenvalue weighted by Gasteiger charge is 2.12. The van der Waals surface area contributed by atoms with Crippen molar-refractivity contribution in [3.8, 4) is 17.2 Å². The van der Waals surface area contributed by atoms with E-state index in [-0.39, 0.29) is 5.82 Å². The van der Waals surface area contributed by atoms with Crippen molar-refractivity contribution in [2.24, 2.45) is 0 Å². The van der Waals surface area contributed by atoms with Gasteiger partial charge in [-0.25, -0.2) is 19.0 Å². The van der Waals surface area contributed by atoms with Crippen LogP contribution in [0.3, 0.4) is 0 Å². The molecule has 7 nitrogen and oxygen atoms in total. The minimum atomic E-state index is -0.305. The number of aromatic nitrogens is 4. The molecule has 0 bridgehead atoms. The maximum atomic E-state index is 13.2. The Bertz CT molecular complexity index is 1100. The molecule has 2 aromatic heterocycles. The summed E-state index contributed by atoms with van der Waals surface area (Å²) >= 11 is 0. The summed E-state index contributed by atoms with van der Waals surface area (Å²) in [6.45, 7) is 0. The number of halogens is 1. The SMILES string of the molecule is COc1ccc(Nc2ncnc3c2cnn3-c2ccc(F)cc2)cc1OC. The fourth-order valence-electron chi connectivity index (χ4n) is 2.77. The second-order valence-electron chi connectivity index (χ2n) is 5.69. The highest BCUT2D eigenvalue weighted by Crippen LogP contribution is 2.32. The van der Waals surface area contributed by atoms with Crippen molar-refractivity contribution in [3.05, 3.63) is 60.8 Å². The Morgan fingerprint density at radius 1 is 0.963 bits per heavy atom. The van der Waals surface area contributed by atoms with Crippen molar-refractivity contribution in [2.45, 2.75) is 0 Å². The maximum Gasteiger partial charge on any atom is 0.168 e. The van der Waals surface area contributed by atoms with E-state index in [0.29, 0.717) is 28.7 Å². The van der Waals surface area contributed by atoms with Gasteiger partial charge < -0.3 is 14.8 Å². The van der Waals surface area contributed by atoms with Crippen LogP contribution in [0.15, 0.2) is 55.0 Å². The average Bonchev–Trinajstić information content (AvgIpc) is 3.13. The van der Waals surface area contributed by atoms with Crippen LogP contribution in [0, 0.1) is 5.82 Å². The molecule has 0 aliphatic heterocycles. The number of hydrogen-bond donors (Lipinski definition) is 1. The second kappa shape index (κ2) is 6.91. The topological polar surface area (TPSA) is 74.1 Å². The van der Waals surface area contributed by atoms with E-state index < -0.39 is 0 Å². The van der Waals surface area contributed by atoms with Crippen molar-refractivity contribution < 1.29 is 13.9 Å². The molecule has 0 radical (unpaired) electrons. The van der Waals surface area contributed by atoms with Crippen LogP contribution >= 0.6 is 0 Å². The molecule has 136 valence electrons. The summed E-state index contributed by atoms with van der Waals surface area (Å²) in [5.74, 6) is 1.54. The first-order valence-electron chi connectivity index (χ1n) is 8.13. The molecule has 1 N–H and O–H groups in total. The Balaban J connectivity index is 1.72. The van der Waals surface area contributed by atoms with Crippen LogP contribution in [-0.4, -0.2) is 34.0 Å². The maximum absolute atomic E-state index is 13.2. The van der Waals surface area contributed by atoms with E-state index in [2.05, 4.69) is 20.4 Å². The molecule has 2 aromatic carbocycles. The van der Waals surface area contributed by atoms with Crippen LogP contribution in [0.5, 0.6) is 11.5 Å². The minimum absolute atomic E-state index is 0.305. The highest BCUT2D eigenvalue weighted by atomic mass is 19.1. The van der Waals surface area contributed by atoms with Gasteiger partial charge in [0.15, 0.2) is 17.1 Å². The molecule has 4 aromatic rings. The van der Waals surface area contributed by atoms with E-state index in [1.165, 1.54) is 18.5 Å². The summed E-state index contributed by atoms with van der Waals surface area (Å²) in [5.41, 5.74) is 2.10. The zero-order valence-electron chi connectivity index (χ0n) is 14.7. The summed E-state index contributed by atoms with van der Waals surface area (Å²) in [4.78, 5) is 8.63. The van der Waals surface area contributed by atoms with E-state index in [1.807, 2.05) is 18.2 Å². The quantitative estimate of drug-likeness (QED) is 0.581. The number of anilines is 2. The molecule has 0 unspecified atom stereocenters. The van der Waals surface area contributed by atoms with Crippen LogP contribution in [0.4, 0.5) is 15.9 Å². The molecule has 2 heterocycles. The third-order valence-corrected chi connectivity index (χ3v) is 4.08. The molecule has 0 saturated heterocycles. The summed E-state index contributed by atoms with van der Waals surface area (Å²) < 4.78 is 25.4. The Morgan fingerprint density at radius 2 is 1.74 bits per heavy atom. The Kier molecular flexibility index (Phi) is 4.29. The van der Waals surface area contributed by atoms with Crippen molar-refractivity contribution in [2.75, 3.05) is 19.5 Å². The van der Waals surface area contributed by atoms with Gasteiger partial charge in [0.1, 0.15) is 18.0 Å². The molecule has 0 atom stereocenters. The number of hydrogen-bond acceptors (Lipinski definition) is 6. The van der Waals surface area contributed by atoms with E-state index in [9.17, 15) is 4.39 Å². The Labute approximate surface area is 154 Å². The summed E-state index contributed by atoms with van der Waals surface area (Å²) in [7, 11) is 3.17. The van der Waals surface area contributed by atoms with E-state index in [1.54, 1.807) is 37.2 Å². The van der Waals surface area contributed by atoms with Gasteiger partial charge in [-0.3, -0.25) is 0 Å². The second-order valence-corrected chi connectivity index (χ2v) is 5.69. The van der Waals surface area contributed by atoms with Crippen molar-refractivity contribution in [1.82, 2.24) is 19.7 Å². The van der Waals surface area contributed by atoms with Gasteiger partial charge in [-0.15, -0.1) is 0 Å². The lowest BCUT2D eigenvalue weighted by Crippen LogP contribution is -2.00. The van der Waals surface area contributed by atoms with Gasteiger partial charge in [-0.2, -0.15) is 5.10 Å². The Hall–Kier alpha value is -3.68. The summed E-state index contributed by atoms with van der Waals surface area (Å²) in [6.07, 6.45) is 3.12. The fourth-order valence-corrected chi connectivity index (χ4v) is 2.77. The first-order valence-corrected chi connectivity index (χ1v) is 8.13. The number of ether oxygens (including phenoxy) is 2. The summed E-state index contributed by atoms with van der Waals surface area (Å²) in [6, 6.07) is 11.5. The molecule has 0 saturated carbocycles. The third kappa shape index (κ3) is 3.12. The molecule has 0 amide bonds. The molecule has 27 heavy (non-hydrogen) atoms. The number of methoxy groups -OCH3 is 2. The van der Waals surface area contributed by atoms with E-state index >= 15 is 0 Å². The zero-order valence-corrected chi connectivity index (χ0v) is 14.7. The third-order valence-electron chi connectivity index (χ3n) is 4.08. The average molecular weight is 365 g/mol. The molecule has 0 aliphatic rings. The molecular weight excluding hydrogens is 349 g/mol. The van der Waals surface area contributed by atoms with Crippen LogP contribution in [0.2, 0.25) is 0 Å². The van der Waals surface area contributed by atoms with Gasteiger partial charge in [0.25, 0.3) is 0 Å². The van der Waals surface area contributed by atoms with Gasteiger partial charge in [-0.05, 0) is 36.4 Å². The van der Waals surface area contributed by atoms with Gasteiger partial charge in [-0.1, -0.05) is 0 Å². The molecule has 0 spiro atoms. The monoisotopic (exact) mass is 365 g/mol. The van der Waals surface area contributed by atoms with Crippen LogP contribution < -0.4 is 14.8 Å². The molecule has 0 fully saturated rings. The number of benzene rings is 2. The normalized spacial score (nSPS) is 10.8. The number of rotatable bonds is 5. The number of nitrogens with one attached hydrogen (secondary N) is 1. The predicted molar refractivity (Wildman–Crippen MR) is 99.4 cm³/mol. The Morgan fingerprint density at radius 3 is 2.48 bits per heavy atom. The largest absolute Gasteiger partial charge is 0.493 e. The van der Waals surface area contributed by atoms with Crippen LogP contribution in [-0.2, 0) is 0 Å². The lowest BCUT2D eigenvalue weighted by Gasteiger charge is -2.11. The highest BCUT2D eigenvalue weighted by molar-refractivity contribution is 5.89. The summed E-state index contributed by atoms with van der Waals surface area (Å²) in [5, 5.41) is 8.35. The first-order chi connectivity index (χ1) is 13.2. The molecule has 4 rings (SSSR count).